The first-order chi connectivity index (χ1) is 7.25. The summed E-state index contributed by atoms with van der Waals surface area (Å²) in [6.45, 7) is 0. The van der Waals surface area contributed by atoms with Crippen molar-refractivity contribution in [3.63, 3.8) is 0 Å². The van der Waals surface area contributed by atoms with Gasteiger partial charge in [0, 0.05) is 28.4 Å². The Kier molecular flexibility index (Phi) is 3.02. The maximum atomic E-state index is 11.6. The minimum atomic E-state index is -0.227. The van der Waals surface area contributed by atoms with Crippen LogP contribution in [0.3, 0.4) is 0 Å². The van der Waals surface area contributed by atoms with Crippen LogP contribution in [0.5, 0.6) is 0 Å². The van der Waals surface area contributed by atoms with Crippen LogP contribution in [-0.4, -0.2) is 20.5 Å². The predicted molar refractivity (Wildman–Crippen MR) is 59.8 cm³/mol. The molecule has 15 heavy (non-hydrogen) atoms. The molecule has 2 aromatic heterocycles. The van der Waals surface area contributed by atoms with Gasteiger partial charge in [0.25, 0.3) is 5.91 Å². The number of pyridine rings is 1. The highest BCUT2D eigenvalue weighted by atomic mass is 79.9. The van der Waals surface area contributed by atoms with E-state index in [-0.39, 0.29) is 5.91 Å². The SMILES string of the molecule is O=C(Nc1cnns1)c1cncc(Br)c1. The standard InChI is InChI=1S/C8H5BrN4OS/c9-6-1-5(2-10-3-6)8(14)12-7-4-11-13-15-7/h1-4H,(H,12,14). The first-order valence-corrected chi connectivity index (χ1v) is 5.51. The fraction of sp³-hybridized carbons (Fsp3) is 0. The van der Waals surface area contributed by atoms with Crippen molar-refractivity contribution in [1.29, 1.82) is 0 Å². The molecule has 0 fully saturated rings. The zero-order valence-electron chi connectivity index (χ0n) is 7.35. The van der Waals surface area contributed by atoms with Gasteiger partial charge in [0.2, 0.25) is 0 Å². The van der Waals surface area contributed by atoms with E-state index in [2.05, 4.69) is 35.8 Å². The smallest absolute Gasteiger partial charge is 0.257 e. The molecule has 0 atom stereocenters. The summed E-state index contributed by atoms with van der Waals surface area (Å²) in [6, 6.07) is 1.69. The zero-order chi connectivity index (χ0) is 10.7. The summed E-state index contributed by atoms with van der Waals surface area (Å²) in [5.74, 6) is -0.227. The summed E-state index contributed by atoms with van der Waals surface area (Å²) >= 11 is 4.37. The van der Waals surface area contributed by atoms with Gasteiger partial charge in [0.05, 0.1) is 11.8 Å². The molecular formula is C8H5BrN4OS. The minimum absolute atomic E-state index is 0.227. The van der Waals surface area contributed by atoms with E-state index < -0.39 is 0 Å². The fourth-order valence-electron chi connectivity index (χ4n) is 0.942. The molecule has 2 heterocycles. The van der Waals surface area contributed by atoms with Crippen LogP contribution in [0, 0.1) is 0 Å². The van der Waals surface area contributed by atoms with Crippen molar-refractivity contribution in [3.8, 4) is 0 Å². The third-order valence-electron chi connectivity index (χ3n) is 1.57. The molecule has 0 saturated carbocycles. The van der Waals surface area contributed by atoms with Gasteiger partial charge in [0.1, 0.15) is 5.00 Å². The molecule has 2 rings (SSSR count). The summed E-state index contributed by atoms with van der Waals surface area (Å²) in [5.41, 5.74) is 0.484. The number of anilines is 1. The quantitative estimate of drug-likeness (QED) is 0.915. The van der Waals surface area contributed by atoms with Crippen LogP contribution < -0.4 is 5.32 Å². The van der Waals surface area contributed by atoms with Crippen LogP contribution in [0.4, 0.5) is 5.00 Å². The monoisotopic (exact) mass is 284 g/mol. The maximum Gasteiger partial charge on any atom is 0.257 e. The number of hydrogen-bond acceptors (Lipinski definition) is 5. The molecule has 5 nitrogen and oxygen atoms in total. The topological polar surface area (TPSA) is 67.8 Å². The average Bonchev–Trinajstić information content (AvgIpc) is 2.70. The Bertz CT molecular complexity index is 473. The van der Waals surface area contributed by atoms with Gasteiger partial charge >= 0.3 is 0 Å². The van der Waals surface area contributed by atoms with Crippen molar-refractivity contribution < 1.29 is 4.79 Å². The summed E-state index contributed by atoms with van der Waals surface area (Å²) in [5, 5.41) is 6.89. The van der Waals surface area contributed by atoms with Crippen LogP contribution in [0.1, 0.15) is 10.4 Å². The van der Waals surface area contributed by atoms with E-state index in [0.717, 1.165) is 16.0 Å². The van der Waals surface area contributed by atoms with Gasteiger partial charge in [-0.3, -0.25) is 9.78 Å². The van der Waals surface area contributed by atoms with Gasteiger partial charge in [-0.2, -0.15) is 0 Å². The summed E-state index contributed by atoms with van der Waals surface area (Å²) in [7, 11) is 0. The van der Waals surface area contributed by atoms with E-state index in [0.29, 0.717) is 10.6 Å². The molecule has 0 radical (unpaired) electrons. The van der Waals surface area contributed by atoms with Crippen LogP contribution in [0.2, 0.25) is 0 Å². The number of halogens is 1. The zero-order valence-corrected chi connectivity index (χ0v) is 9.75. The second kappa shape index (κ2) is 4.45. The molecule has 7 heteroatoms. The van der Waals surface area contributed by atoms with E-state index in [9.17, 15) is 4.79 Å². The lowest BCUT2D eigenvalue weighted by Crippen LogP contribution is -2.11. The normalized spacial score (nSPS) is 9.93. The van der Waals surface area contributed by atoms with Gasteiger partial charge in [-0.15, -0.1) is 5.10 Å². The molecule has 1 N–H and O–H groups in total. The van der Waals surface area contributed by atoms with Crippen molar-refractivity contribution >= 4 is 38.4 Å². The highest BCUT2D eigenvalue weighted by molar-refractivity contribution is 9.10. The first-order valence-electron chi connectivity index (χ1n) is 3.95. The van der Waals surface area contributed by atoms with Gasteiger partial charge in [-0.25, -0.2) is 0 Å². The number of nitrogens with one attached hydrogen (secondary N) is 1. The number of aromatic nitrogens is 3. The van der Waals surface area contributed by atoms with Gasteiger partial charge in [0.15, 0.2) is 0 Å². The van der Waals surface area contributed by atoms with Crippen LogP contribution in [0.25, 0.3) is 0 Å². The number of hydrogen-bond donors (Lipinski definition) is 1. The molecule has 0 bridgehead atoms. The Morgan fingerprint density at radius 2 is 2.27 bits per heavy atom. The van der Waals surface area contributed by atoms with Crippen molar-refractivity contribution in [1.82, 2.24) is 14.6 Å². The first kappa shape index (κ1) is 10.2. The Hall–Kier alpha value is -1.34. The number of carbonyl (C=O) groups excluding carboxylic acids is 1. The van der Waals surface area contributed by atoms with E-state index in [1.807, 2.05) is 0 Å². The summed E-state index contributed by atoms with van der Waals surface area (Å²) < 4.78 is 4.40. The average molecular weight is 285 g/mol. The largest absolute Gasteiger partial charge is 0.311 e. The van der Waals surface area contributed by atoms with Crippen molar-refractivity contribution in [2.45, 2.75) is 0 Å². The van der Waals surface area contributed by atoms with Gasteiger partial charge in [-0.05, 0) is 22.0 Å². The molecule has 76 valence electrons. The lowest BCUT2D eigenvalue weighted by molar-refractivity contribution is 0.102. The molecule has 0 unspecified atom stereocenters. The summed E-state index contributed by atoms with van der Waals surface area (Å²) in [4.78, 5) is 15.5. The van der Waals surface area contributed by atoms with Crippen LogP contribution in [0.15, 0.2) is 29.1 Å². The highest BCUT2D eigenvalue weighted by Gasteiger charge is 2.07. The second-order valence-corrected chi connectivity index (χ2v) is 4.33. The molecule has 2 aromatic rings. The highest BCUT2D eigenvalue weighted by Crippen LogP contribution is 2.13. The molecular weight excluding hydrogens is 280 g/mol. The van der Waals surface area contributed by atoms with Gasteiger partial charge in [-0.1, -0.05) is 4.49 Å². The third-order valence-corrected chi connectivity index (χ3v) is 2.58. The number of amides is 1. The van der Waals surface area contributed by atoms with Crippen molar-refractivity contribution in [3.05, 3.63) is 34.7 Å². The molecule has 0 aliphatic carbocycles. The predicted octanol–water partition coefficient (Wildman–Crippen LogP) is 1.95. The maximum absolute atomic E-state index is 11.6. The van der Waals surface area contributed by atoms with E-state index in [4.69, 9.17) is 0 Å². The Morgan fingerprint density at radius 3 is 2.93 bits per heavy atom. The van der Waals surface area contributed by atoms with E-state index >= 15 is 0 Å². The van der Waals surface area contributed by atoms with Crippen molar-refractivity contribution in [2.75, 3.05) is 5.32 Å². The van der Waals surface area contributed by atoms with E-state index in [1.54, 1.807) is 12.3 Å². The lowest BCUT2D eigenvalue weighted by Gasteiger charge is -2.00. The van der Waals surface area contributed by atoms with E-state index in [1.165, 1.54) is 12.4 Å². The lowest BCUT2D eigenvalue weighted by atomic mass is 10.3. The number of rotatable bonds is 2. The van der Waals surface area contributed by atoms with Crippen LogP contribution >= 0.6 is 27.5 Å². The number of carbonyl (C=O) groups is 1. The molecule has 0 saturated heterocycles. The Morgan fingerprint density at radius 1 is 1.40 bits per heavy atom. The number of nitrogens with zero attached hydrogens (tertiary/aromatic N) is 3. The minimum Gasteiger partial charge on any atom is -0.311 e. The Labute approximate surface area is 97.8 Å². The molecule has 1 amide bonds. The molecule has 0 aromatic carbocycles. The van der Waals surface area contributed by atoms with Crippen LogP contribution in [-0.2, 0) is 0 Å². The summed E-state index contributed by atoms with van der Waals surface area (Å²) in [6.07, 6.45) is 4.60. The third kappa shape index (κ3) is 2.57. The fourth-order valence-corrected chi connectivity index (χ4v) is 1.72. The van der Waals surface area contributed by atoms with Crippen molar-refractivity contribution in [2.24, 2.45) is 0 Å². The molecule has 0 spiro atoms. The molecule has 0 aliphatic heterocycles. The molecule has 0 aliphatic rings. The van der Waals surface area contributed by atoms with Gasteiger partial charge < -0.3 is 5.32 Å². The second-order valence-electron chi connectivity index (χ2n) is 2.63. The Balaban J connectivity index is 2.15.